The van der Waals surface area contributed by atoms with Crippen molar-refractivity contribution >= 4 is 12.2 Å². The second-order valence-corrected chi connectivity index (χ2v) is 4.37. The molecular weight excluding hydrogens is 216 g/mol. The number of hydrogen-bond acceptors (Lipinski definition) is 3. The Balaban J connectivity index is 2.86. The summed E-state index contributed by atoms with van der Waals surface area (Å²) in [7, 11) is 0. The van der Waals surface area contributed by atoms with E-state index in [1.807, 2.05) is 0 Å². The average Bonchev–Trinajstić information content (AvgIpc) is 2.15. The molecule has 16 heavy (non-hydrogen) atoms. The molecule has 0 bridgehead atoms. The molecule has 1 rings (SSSR count). The predicted octanol–water partition coefficient (Wildman–Crippen LogP) is 0.0995. The van der Waals surface area contributed by atoms with E-state index in [9.17, 15) is 14.7 Å². The van der Waals surface area contributed by atoms with Crippen LogP contribution < -0.4 is 0 Å². The fourth-order valence-corrected chi connectivity index (χ4v) is 1.79. The molecule has 1 heterocycles. The monoisotopic (exact) mass is 232 g/mol. The van der Waals surface area contributed by atoms with Gasteiger partial charge in [0.05, 0.1) is 11.6 Å². The lowest BCUT2D eigenvalue weighted by Gasteiger charge is -2.44. The lowest BCUT2D eigenvalue weighted by molar-refractivity contribution is -0.0437. The molecule has 0 aliphatic carbocycles. The van der Waals surface area contributed by atoms with Crippen molar-refractivity contribution in [1.29, 1.82) is 0 Å². The summed E-state index contributed by atoms with van der Waals surface area (Å²) in [5.41, 5.74) is -1.27. The van der Waals surface area contributed by atoms with E-state index in [1.54, 1.807) is 0 Å². The summed E-state index contributed by atoms with van der Waals surface area (Å²) in [6, 6.07) is -0.741. The van der Waals surface area contributed by atoms with Crippen molar-refractivity contribution in [1.82, 2.24) is 9.80 Å². The summed E-state index contributed by atoms with van der Waals surface area (Å²) in [6.07, 6.45) is -2.24. The number of carboxylic acid groups (broad SMARTS) is 2. The van der Waals surface area contributed by atoms with E-state index in [0.29, 0.717) is 0 Å². The predicted molar refractivity (Wildman–Crippen MR) is 54.4 cm³/mol. The summed E-state index contributed by atoms with van der Waals surface area (Å²) in [5.74, 6) is 0. The summed E-state index contributed by atoms with van der Waals surface area (Å²) < 4.78 is 0. The van der Waals surface area contributed by atoms with E-state index in [0.717, 1.165) is 9.80 Å². The Labute approximate surface area is 92.9 Å². The third-order valence-corrected chi connectivity index (χ3v) is 2.71. The second kappa shape index (κ2) is 4.17. The zero-order chi connectivity index (χ0) is 12.5. The van der Waals surface area contributed by atoms with Crippen LogP contribution >= 0.6 is 0 Å². The molecule has 1 fully saturated rings. The van der Waals surface area contributed by atoms with Gasteiger partial charge >= 0.3 is 12.2 Å². The molecule has 0 aromatic rings. The van der Waals surface area contributed by atoms with Crippen LogP contribution in [0.25, 0.3) is 0 Å². The van der Waals surface area contributed by atoms with E-state index in [2.05, 4.69) is 0 Å². The third kappa shape index (κ3) is 2.54. The first-order valence-electron chi connectivity index (χ1n) is 4.93. The van der Waals surface area contributed by atoms with Crippen molar-refractivity contribution in [3.63, 3.8) is 0 Å². The molecule has 1 aliphatic heterocycles. The van der Waals surface area contributed by atoms with Crippen molar-refractivity contribution in [3.8, 4) is 0 Å². The molecule has 92 valence electrons. The zero-order valence-electron chi connectivity index (χ0n) is 9.25. The van der Waals surface area contributed by atoms with Crippen LogP contribution in [0.5, 0.6) is 0 Å². The van der Waals surface area contributed by atoms with Crippen molar-refractivity contribution in [2.75, 3.05) is 19.6 Å². The van der Waals surface area contributed by atoms with Gasteiger partial charge in [-0.3, -0.25) is 4.90 Å². The summed E-state index contributed by atoms with van der Waals surface area (Å²) >= 11 is 0. The quantitative estimate of drug-likeness (QED) is 0.595. The van der Waals surface area contributed by atoms with Gasteiger partial charge in [-0.25, -0.2) is 9.59 Å². The summed E-state index contributed by atoms with van der Waals surface area (Å²) in [5, 5.41) is 27.6. The number of rotatable bonds is 1. The number of aliphatic hydroxyl groups is 1. The van der Waals surface area contributed by atoms with Gasteiger partial charge in [0, 0.05) is 19.6 Å². The molecule has 2 amide bonds. The molecule has 3 N–H and O–H groups in total. The normalized spacial score (nSPS) is 22.1. The van der Waals surface area contributed by atoms with Gasteiger partial charge in [0.15, 0.2) is 0 Å². The van der Waals surface area contributed by atoms with Gasteiger partial charge in [-0.1, -0.05) is 0 Å². The topological polar surface area (TPSA) is 101 Å². The molecule has 1 aliphatic rings. The SMILES string of the molecule is CC(C)(O)C1CN(C(=O)O)CCN1C(=O)O. The fourth-order valence-electron chi connectivity index (χ4n) is 1.79. The third-order valence-electron chi connectivity index (χ3n) is 2.71. The molecule has 0 aromatic carbocycles. The molecule has 0 saturated carbocycles. The van der Waals surface area contributed by atoms with E-state index in [-0.39, 0.29) is 19.6 Å². The molecule has 1 saturated heterocycles. The van der Waals surface area contributed by atoms with Crippen LogP contribution in [0.4, 0.5) is 9.59 Å². The first-order chi connectivity index (χ1) is 7.23. The Morgan fingerprint density at radius 3 is 2.12 bits per heavy atom. The van der Waals surface area contributed by atoms with Gasteiger partial charge in [-0.2, -0.15) is 0 Å². The molecule has 0 spiro atoms. The van der Waals surface area contributed by atoms with Crippen LogP contribution in [0, 0.1) is 0 Å². The highest BCUT2D eigenvalue weighted by atomic mass is 16.4. The van der Waals surface area contributed by atoms with Gasteiger partial charge in [0.2, 0.25) is 0 Å². The Morgan fingerprint density at radius 2 is 1.75 bits per heavy atom. The number of amides is 2. The first kappa shape index (κ1) is 12.6. The fraction of sp³-hybridized carbons (Fsp3) is 0.778. The van der Waals surface area contributed by atoms with Crippen LogP contribution in [0.1, 0.15) is 13.8 Å². The highest BCUT2D eigenvalue weighted by molar-refractivity contribution is 5.68. The van der Waals surface area contributed by atoms with E-state index < -0.39 is 23.8 Å². The van der Waals surface area contributed by atoms with E-state index in [4.69, 9.17) is 10.2 Å². The summed E-state index contributed by atoms with van der Waals surface area (Å²) in [4.78, 5) is 23.9. The lowest BCUT2D eigenvalue weighted by atomic mass is 9.95. The molecule has 1 atom stereocenters. The number of carbonyl (C=O) groups is 2. The van der Waals surface area contributed by atoms with Gasteiger partial charge < -0.3 is 20.2 Å². The number of hydrogen-bond donors (Lipinski definition) is 3. The molecule has 0 radical (unpaired) electrons. The largest absolute Gasteiger partial charge is 0.465 e. The number of nitrogens with zero attached hydrogens (tertiary/aromatic N) is 2. The maximum Gasteiger partial charge on any atom is 0.407 e. The minimum atomic E-state index is -1.27. The van der Waals surface area contributed by atoms with Crippen LogP contribution in [0.2, 0.25) is 0 Å². The first-order valence-corrected chi connectivity index (χ1v) is 4.93. The molecule has 0 aromatic heterocycles. The number of piperazine rings is 1. The standard InChI is InChI=1S/C9H16N2O5/c1-9(2,16)6-5-10(7(12)13)3-4-11(6)8(14)15/h6,16H,3-5H2,1-2H3,(H,12,13)(H,14,15). The van der Waals surface area contributed by atoms with Crippen molar-refractivity contribution in [2.24, 2.45) is 0 Å². The van der Waals surface area contributed by atoms with Crippen LogP contribution in [-0.4, -0.2) is 68.6 Å². The molecular formula is C9H16N2O5. The molecule has 7 nitrogen and oxygen atoms in total. The van der Waals surface area contributed by atoms with Crippen molar-refractivity contribution < 1.29 is 24.9 Å². The Morgan fingerprint density at radius 1 is 1.19 bits per heavy atom. The van der Waals surface area contributed by atoms with E-state index in [1.165, 1.54) is 13.8 Å². The van der Waals surface area contributed by atoms with Crippen LogP contribution in [0.15, 0.2) is 0 Å². The molecule has 7 heteroatoms. The van der Waals surface area contributed by atoms with Gasteiger partial charge in [-0.15, -0.1) is 0 Å². The van der Waals surface area contributed by atoms with Crippen molar-refractivity contribution in [3.05, 3.63) is 0 Å². The van der Waals surface area contributed by atoms with E-state index >= 15 is 0 Å². The van der Waals surface area contributed by atoms with Crippen LogP contribution in [-0.2, 0) is 0 Å². The maximum absolute atomic E-state index is 10.9. The zero-order valence-corrected chi connectivity index (χ0v) is 9.25. The maximum atomic E-state index is 10.9. The van der Waals surface area contributed by atoms with Crippen molar-refractivity contribution in [2.45, 2.75) is 25.5 Å². The molecule has 1 unspecified atom stereocenters. The van der Waals surface area contributed by atoms with Gasteiger partial charge in [0.1, 0.15) is 0 Å². The smallest absolute Gasteiger partial charge is 0.407 e. The van der Waals surface area contributed by atoms with Gasteiger partial charge in [0.25, 0.3) is 0 Å². The minimum Gasteiger partial charge on any atom is -0.465 e. The Bertz CT molecular complexity index is 299. The highest BCUT2D eigenvalue weighted by Gasteiger charge is 2.40. The van der Waals surface area contributed by atoms with Crippen LogP contribution in [0.3, 0.4) is 0 Å². The summed E-state index contributed by atoms with van der Waals surface area (Å²) in [6.45, 7) is 3.15. The Hall–Kier alpha value is -1.50. The van der Waals surface area contributed by atoms with Gasteiger partial charge in [-0.05, 0) is 13.8 Å². The average molecular weight is 232 g/mol. The minimum absolute atomic E-state index is 0.00880. The highest BCUT2D eigenvalue weighted by Crippen LogP contribution is 2.20. The second-order valence-electron chi connectivity index (χ2n) is 4.37. The Kier molecular flexibility index (Phi) is 3.27. The lowest BCUT2D eigenvalue weighted by Crippen LogP contribution is -2.63.